The Morgan fingerprint density at radius 1 is 1.04 bits per heavy atom. The zero-order valence-electron chi connectivity index (χ0n) is 12.7. The van der Waals surface area contributed by atoms with Crippen LogP contribution >= 0.6 is 0 Å². The predicted octanol–water partition coefficient (Wildman–Crippen LogP) is 2.46. The highest BCUT2D eigenvalue weighted by atomic mass is 32.2. The number of hydrogen-bond acceptors (Lipinski definition) is 4. The molecule has 118 valence electrons. The topological polar surface area (TPSA) is 60.4 Å². The molecular weight excluding hydrogens is 312 g/mol. The molecule has 1 heterocycles. The molecule has 0 spiro atoms. The summed E-state index contributed by atoms with van der Waals surface area (Å²) in [6.07, 6.45) is 0. The number of rotatable bonds is 4. The van der Waals surface area contributed by atoms with Gasteiger partial charge < -0.3 is 4.74 Å². The second-order valence-corrected chi connectivity index (χ2v) is 7.67. The molecule has 4 nitrogen and oxygen atoms in total. The number of fused-ring (bicyclic) bond motifs is 1. The fourth-order valence-electron chi connectivity index (χ4n) is 2.71. The summed E-state index contributed by atoms with van der Waals surface area (Å²) in [5.41, 5.74) is 1.14. The van der Waals surface area contributed by atoms with Crippen LogP contribution in [-0.2, 0) is 24.8 Å². The van der Waals surface area contributed by atoms with Crippen LogP contribution in [0.5, 0.6) is 0 Å². The van der Waals surface area contributed by atoms with E-state index in [-0.39, 0.29) is 17.2 Å². The van der Waals surface area contributed by atoms with Crippen LogP contribution in [0, 0.1) is 0 Å². The first-order valence-electron chi connectivity index (χ1n) is 7.31. The van der Waals surface area contributed by atoms with E-state index in [4.69, 9.17) is 4.74 Å². The van der Waals surface area contributed by atoms with Crippen molar-refractivity contribution in [3.8, 4) is 0 Å². The van der Waals surface area contributed by atoms with Crippen LogP contribution in [0.3, 0.4) is 0 Å². The zero-order valence-corrected chi connectivity index (χ0v) is 13.5. The van der Waals surface area contributed by atoms with Gasteiger partial charge in [0.05, 0.1) is 6.61 Å². The van der Waals surface area contributed by atoms with E-state index in [2.05, 4.69) is 0 Å². The first-order chi connectivity index (χ1) is 11.1. The molecule has 23 heavy (non-hydrogen) atoms. The lowest BCUT2D eigenvalue weighted by molar-refractivity contribution is -0.134. The molecule has 0 bridgehead atoms. The van der Waals surface area contributed by atoms with Gasteiger partial charge in [-0.2, -0.15) is 0 Å². The summed E-state index contributed by atoms with van der Waals surface area (Å²) in [5.74, 6) is -1.15. The monoisotopic (exact) mass is 328 g/mol. The van der Waals surface area contributed by atoms with Gasteiger partial charge >= 0.3 is 5.97 Å². The van der Waals surface area contributed by atoms with Gasteiger partial charge in [0.15, 0.2) is 4.86 Å². The normalized spacial score (nSPS) is 19.5. The lowest BCUT2D eigenvalue weighted by Gasteiger charge is -2.11. The molecule has 0 fully saturated rings. The molecule has 0 radical (unpaired) electrons. The van der Waals surface area contributed by atoms with Gasteiger partial charge in [-0.3, -0.25) is 9.00 Å². The Balaban J connectivity index is 2.22. The van der Waals surface area contributed by atoms with E-state index in [1.165, 1.54) is 0 Å². The standard InChI is InChI=1S/C18H16O4S/c1-2-22-18(20)17-16(19)14-10-6-7-11-15(14)23(17,21)12-13-8-4-3-5-9-13/h3-11H,2,12H2,1H3. The van der Waals surface area contributed by atoms with Crippen molar-refractivity contribution in [2.75, 3.05) is 6.61 Å². The summed E-state index contributed by atoms with van der Waals surface area (Å²) in [5, 5.41) is 0. The van der Waals surface area contributed by atoms with E-state index >= 15 is 0 Å². The van der Waals surface area contributed by atoms with Crippen LogP contribution in [0.2, 0.25) is 0 Å². The number of carbonyl (C=O) groups excluding carboxylic acids is 2. The molecule has 0 saturated heterocycles. The second-order valence-electron chi connectivity index (χ2n) is 5.18. The van der Waals surface area contributed by atoms with Gasteiger partial charge in [0.25, 0.3) is 0 Å². The zero-order chi connectivity index (χ0) is 16.4. The highest BCUT2D eigenvalue weighted by Crippen LogP contribution is 2.30. The lowest BCUT2D eigenvalue weighted by atomic mass is 10.1. The summed E-state index contributed by atoms with van der Waals surface area (Å²) in [6, 6.07) is 15.9. The van der Waals surface area contributed by atoms with E-state index in [0.717, 1.165) is 5.56 Å². The van der Waals surface area contributed by atoms with Crippen molar-refractivity contribution < 1.29 is 18.5 Å². The Morgan fingerprint density at radius 3 is 2.39 bits per heavy atom. The summed E-state index contributed by atoms with van der Waals surface area (Å²) in [7, 11) is -2.98. The third-order valence-corrected chi connectivity index (χ3v) is 6.51. The third-order valence-electron chi connectivity index (χ3n) is 3.70. The molecule has 1 unspecified atom stereocenters. The molecule has 0 aromatic heterocycles. The molecule has 0 N–H and O–H groups in total. The van der Waals surface area contributed by atoms with Crippen LogP contribution in [0.25, 0.3) is 0 Å². The molecule has 2 aromatic rings. The van der Waals surface area contributed by atoms with Crippen molar-refractivity contribution in [2.45, 2.75) is 17.6 Å². The van der Waals surface area contributed by atoms with Gasteiger partial charge in [0, 0.05) is 25.7 Å². The molecule has 0 aliphatic carbocycles. The van der Waals surface area contributed by atoms with Gasteiger partial charge in [-0.1, -0.05) is 42.5 Å². The molecule has 1 atom stereocenters. The molecule has 1 aliphatic heterocycles. The minimum absolute atomic E-state index is 0.116. The van der Waals surface area contributed by atoms with Crippen LogP contribution in [0.4, 0.5) is 0 Å². The summed E-state index contributed by atoms with van der Waals surface area (Å²) in [4.78, 5) is 25.1. The van der Waals surface area contributed by atoms with Crippen molar-refractivity contribution in [2.24, 2.45) is 0 Å². The Hall–Kier alpha value is -2.40. The Morgan fingerprint density at radius 2 is 1.70 bits per heavy atom. The average molecular weight is 328 g/mol. The van der Waals surface area contributed by atoms with Crippen molar-refractivity contribution in [1.82, 2.24) is 0 Å². The molecular formula is C18H16O4S. The fourth-order valence-corrected chi connectivity index (χ4v) is 5.44. The Kier molecular flexibility index (Phi) is 4.05. The number of ketones is 1. The molecule has 2 aromatic carbocycles. The maximum Gasteiger partial charge on any atom is 0.350 e. The average Bonchev–Trinajstić information content (AvgIpc) is 2.77. The number of ether oxygens (including phenoxy) is 1. The number of carbonyl (C=O) groups is 2. The van der Waals surface area contributed by atoms with Gasteiger partial charge in [-0.15, -0.1) is 0 Å². The van der Waals surface area contributed by atoms with E-state index in [1.807, 2.05) is 30.3 Å². The Labute approximate surface area is 135 Å². The number of benzene rings is 2. The second kappa shape index (κ2) is 6.01. The van der Waals surface area contributed by atoms with Crippen LogP contribution in [-0.4, -0.2) is 27.4 Å². The van der Waals surface area contributed by atoms with E-state index < -0.39 is 21.3 Å². The van der Waals surface area contributed by atoms with Crippen LogP contribution < -0.4 is 0 Å². The maximum absolute atomic E-state index is 13.7. The summed E-state index contributed by atoms with van der Waals surface area (Å²) < 4.78 is 18.7. The summed E-state index contributed by atoms with van der Waals surface area (Å²) in [6.45, 7) is 1.79. The quantitative estimate of drug-likeness (QED) is 0.639. The minimum Gasteiger partial charge on any atom is -0.462 e. The molecule has 0 amide bonds. The highest BCUT2D eigenvalue weighted by Gasteiger charge is 2.40. The molecule has 1 aliphatic rings. The van der Waals surface area contributed by atoms with Gasteiger partial charge in [0.2, 0.25) is 5.78 Å². The van der Waals surface area contributed by atoms with Crippen molar-refractivity contribution in [1.29, 1.82) is 0 Å². The predicted molar refractivity (Wildman–Crippen MR) is 89.0 cm³/mol. The van der Waals surface area contributed by atoms with E-state index in [9.17, 15) is 13.8 Å². The smallest absolute Gasteiger partial charge is 0.350 e. The first kappa shape index (κ1) is 15.5. The van der Waals surface area contributed by atoms with Crippen LogP contribution in [0.15, 0.2) is 59.5 Å². The number of hydrogen-bond donors (Lipinski definition) is 0. The van der Waals surface area contributed by atoms with Gasteiger partial charge in [-0.05, 0) is 24.6 Å². The largest absolute Gasteiger partial charge is 0.462 e. The van der Waals surface area contributed by atoms with Crippen molar-refractivity contribution in [3.05, 3.63) is 65.7 Å². The fraction of sp³-hybridized carbons (Fsp3) is 0.167. The number of esters is 1. The minimum atomic E-state index is -2.98. The SMILES string of the molecule is CCOC(=O)C1=S(=O)(Cc2ccccc2)c2ccccc2C1=O. The van der Waals surface area contributed by atoms with Crippen molar-refractivity contribution >= 4 is 26.1 Å². The third kappa shape index (κ3) is 2.57. The van der Waals surface area contributed by atoms with E-state index in [0.29, 0.717) is 10.5 Å². The van der Waals surface area contributed by atoms with Gasteiger partial charge in [0.1, 0.15) is 0 Å². The molecule has 3 rings (SSSR count). The molecule has 5 heteroatoms. The van der Waals surface area contributed by atoms with E-state index in [1.54, 1.807) is 31.2 Å². The highest BCUT2D eigenvalue weighted by molar-refractivity contribution is 8.05. The lowest BCUT2D eigenvalue weighted by Crippen LogP contribution is -2.28. The Bertz CT molecular complexity index is 890. The van der Waals surface area contributed by atoms with Crippen molar-refractivity contribution in [3.63, 3.8) is 0 Å². The number of Topliss-reactive ketones (excluding diaryl/α,β-unsaturated/α-hetero) is 1. The van der Waals surface area contributed by atoms with Crippen LogP contribution in [0.1, 0.15) is 22.8 Å². The summed E-state index contributed by atoms with van der Waals surface area (Å²) >= 11 is 0. The molecule has 0 saturated carbocycles. The first-order valence-corrected chi connectivity index (χ1v) is 9.04. The maximum atomic E-state index is 13.7. The van der Waals surface area contributed by atoms with Gasteiger partial charge in [-0.25, -0.2) is 4.79 Å².